The van der Waals surface area contributed by atoms with Crippen LogP contribution in [0.1, 0.15) is 75.0 Å². The lowest BCUT2D eigenvalue weighted by atomic mass is 9.93. The van der Waals surface area contributed by atoms with E-state index < -0.39 is 0 Å². The molecule has 0 bridgehead atoms. The van der Waals surface area contributed by atoms with Gasteiger partial charge in [-0.05, 0) is 87.6 Å². The molecule has 48 heavy (non-hydrogen) atoms. The van der Waals surface area contributed by atoms with E-state index in [2.05, 4.69) is 20.6 Å². The molecule has 1 saturated heterocycles. The van der Waals surface area contributed by atoms with Crippen molar-refractivity contribution in [2.75, 3.05) is 13.2 Å². The summed E-state index contributed by atoms with van der Waals surface area (Å²) in [4.78, 5) is 32.7. The Balaban J connectivity index is 0.000000338. The summed E-state index contributed by atoms with van der Waals surface area (Å²) < 4.78 is 42.5. The zero-order valence-electron chi connectivity index (χ0n) is 27.5. The van der Waals surface area contributed by atoms with Gasteiger partial charge in [-0.1, -0.05) is 19.1 Å². The van der Waals surface area contributed by atoms with E-state index in [-0.39, 0.29) is 51.6 Å². The lowest BCUT2D eigenvalue weighted by molar-refractivity contribution is 0.0538. The first-order chi connectivity index (χ1) is 23.2. The van der Waals surface area contributed by atoms with Gasteiger partial charge < -0.3 is 24.8 Å². The van der Waals surface area contributed by atoms with Gasteiger partial charge >= 0.3 is 0 Å². The smallest absolute Gasteiger partial charge is 0.253 e. The number of halogens is 2. The van der Waals surface area contributed by atoms with Crippen LogP contribution in [-0.2, 0) is 18.0 Å². The number of hydrogen-bond acceptors (Lipinski definition) is 7. The number of benzene rings is 2. The number of nitrogens with zero attached hydrogens (tertiary/aromatic N) is 2. The summed E-state index contributed by atoms with van der Waals surface area (Å²) in [6.07, 6.45) is 5.86. The lowest BCUT2D eigenvalue weighted by Crippen LogP contribution is -2.40. The summed E-state index contributed by atoms with van der Waals surface area (Å²) in [7, 11) is 0. The van der Waals surface area contributed by atoms with Crippen molar-refractivity contribution in [1.82, 2.24) is 20.6 Å². The monoisotopic (exact) mass is 664 g/mol. The molecule has 9 nitrogen and oxygen atoms in total. The fourth-order valence-electron chi connectivity index (χ4n) is 4.75. The maximum Gasteiger partial charge on any atom is 0.253 e. The Hall–Kier alpha value is -4.90. The van der Waals surface area contributed by atoms with E-state index in [1.165, 1.54) is 36.7 Å². The molecule has 2 aromatic heterocycles. The fourth-order valence-corrected chi connectivity index (χ4v) is 4.75. The third-order valence-corrected chi connectivity index (χ3v) is 7.86. The minimum absolute atomic E-state index is 0. The largest absolute Gasteiger partial charge is 0.487 e. The van der Waals surface area contributed by atoms with Crippen molar-refractivity contribution in [1.29, 1.82) is 0 Å². The topological polar surface area (TPSA) is 112 Å². The number of carbonyl (C=O) groups excluding carboxylic acids is 2. The highest BCUT2D eigenvalue weighted by Gasteiger charge is 2.22. The predicted octanol–water partition coefficient (Wildman–Crippen LogP) is 7.16. The van der Waals surface area contributed by atoms with Crippen molar-refractivity contribution in [2.24, 2.45) is 5.92 Å². The lowest BCUT2D eigenvalue weighted by Gasteiger charge is -2.28. The van der Waals surface area contributed by atoms with E-state index in [4.69, 9.17) is 14.2 Å². The van der Waals surface area contributed by atoms with Crippen LogP contribution in [-0.4, -0.2) is 47.1 Å². The standard InChI is InChI=1S/C20H23FN2O3.C17H19FN2O2.2H2/c1-14(15-7-9-25-10-8-15)23-20(24)16-5-6-18(22-12-16)13-26-19-4-2-3-17(21)11-19;1-3-12(2)20-17(21)13-7-8-15(19-10-13)11-22-16-6-4-5-14(18)9-16;;/h2-6,11-12,14-15H,7-10,13H2,1H3,(H,23,24);4-10,12H,3,11H2,1-2H3,(H,20,21);2*1H/t14-;12-;;/m11../s1. The van der Waals surface area contributed by atoms with Gasteiger partial charge in [-0.3, -0.25) is 19.6 Å². The van der Waals surface area contributed by atoms with Crippen LogP contribution in [0.3, 0.4) is 0 Å². The second-order valence-electron chi connectivity index (χ2n) is 11.6. The highest BCUT2D eigenvalue weighted by atomic mass is 19.1. The van der Waals surface area contributed by atoms with Crippen LogP contribution >= 0.6 is 0 Å². The average molecular weight is 665 g/mol. The Morgan fingerprint density at radius 2 is 1.31 bits per heavy atom. The van der Waals surface area contributed by atoms with Gasteiger partial charge in [-0.2, -0.15) is 0 Å². The normalized spacial score (nSPS) is 14.1. The molecule has 2 atom stereocenters. The second kappa shape index (κ2) is 18.4. The van der Waals surface area contributed by atoms with Crippen molar-refractivity contribution in [3.8, 4) is 11.5 Å². The van der Waals surface area contributed by atoms with E-state index in [0.717, 1.165) is 32.5 Å². The molecule has 2 N–H and O–H groups in total. The molecule has 0 unspecified atom stereocenters. The Kier molecular flexibility index (Phi) is 13.8. The first-order valence-corrected chi connectivity index (χ1v) is 16.1. The molecule has 3 heterocycles. The molecule has 258 valence electrons. The second-order valence-corrected chi connectivity index (χ2v) is 11.6. The van der Waals surface area contributed by atoms with Crippen LogP contribution in [0, 0.1) is 17.6 Å². The molecule has 4 aromatic rings. The Labute approximate surface area is 283 Å². The van der Waals surface area contributed by atoms with Crippen LogP contribution in [0.4, 0.5) is 8.78 Å². The van der Waals surface area contributed by atoms with Gasteiger partial charge in [0.25, 0.3) is 11.8 Å². The molecule has 0 saturated carbocycles. The minimum atomic E-state index is -0.346. The van der Waals surface area contributed by atoms with Crippen LogP contribution < -0.4 is 20.1 Å². The van der Waals surface area contributed by atoms with E-state index >= 15 is 0 Å². The van der Waals surface area contributed by atoms with Crippen molar-refractivity contribution in [3.63, 3.8) is 0 Å². The van der Waals surface area contributed by atoms with Crippen LogP contribution in [0.5, 0.6) is 11.5 Å². The van der Waals surface area contributed by atoms with E-state index in [9.17, 15) is 18.4 Å². The molecular weight excluding hydrogens is 618 g/mol. The minimum Gasteiger partial charge on any atom is -0.487 e. The molecule has 1 aliphatic heterocycles. The Morgan fingerprint density at radius 3 is 1.75 bits per heavy atom. The number of amides is 2. The van der Waals surface area contributed by atoms with Crippen molar-refractivity contribution >= 4 is 11.8 Å². The van der Waals surface area contributed by atoms with Gasteiger partial charge in [0, 0.05) is 52.7 Å². The summed E-state index contributed by atoms with van der Waals surface area (Å²) in [5.41, 5.74) is 2.36. The molecule has 2 amide bonds. The molecule has 0 radical (unpaired) electrons. The van der Waals surface area contributed by atoms with E-state index in [1.807, 2.05) is 20.8 Å². The summed E-state index contributed by atoms with van der Waals surface area (Å²) >= 11 is 0. The summed E-state index contributed by atoms with van der Waals surface area (Å²) in [5.74, 6) is 0.371. The van der Waals surface area contributed by atoms with Gasteiger partial charge in [0.05, 0.1) is 22.5 Å². The van der Waals surface area contributed by atoms with E-state index in [0.29, 0.717) is 39.9 Å². The molecular formula is C37H46F2N4O5. The maximum absolute atomic E-state index is 13.1. The van der Waals surface area contributed by atoms with Crippen LogP contribution in [0.15, 0.2) is 85.2 Å². The molecule has 0 spiro atoms. The van der Waals surface area contributed by atoms with Gasteiger partial charge in [0.2, 0.25) is 0 Å². The zero-order valence-corrected chi connectivity index (χ0v) is 27.5. The Bertz CT molecular complexity index is 1610. The molecule has 2 aromatic carbocycles. The van der Waals surface area contributed by atoms with E-state index in [1.54, 1.807) is 48.5 Å². The fraction of sp³-hybridized carbons (Fsp3) is 0.351. The average Bonchev–Trinajstić information content (AvgIpc) is 3.11. The number of hydrogen-bond donors (Lipinski definition) is 2. The number of carbonyl (C=O) groups is 2. The summed E-state index contributed by atoms with van der Waals surface area (Å²) in [6.45, 7) is 7.94. The van der Waals surface area contributed by atoms with Gasteiger partial charge in [-0.15, -0.1) is 0 Å². The number of ether oxygens (including phenoxy) is 3. The number of pyridine rings is 2. The first-order valence-electron chi connectivity index (χ1n) is 16.1. The summed E-state index contributed by atoms with van der Waals surface area (Å²) in [5, 5.41) is 5.92. The van der Waals surface area contributed by atoms with Crippen molar-refractivity contribution in [2.45, 2.75) is 65.3 Å². The molecule has 1 aliphatic rings. The number of nitrogens with one attached hydrogen (secondary N) is 2. The first kappa shape index (κ1) is 35.9. The molecule has 0 aliphatic carbocycles. The Morgan fingerprint density at radius 1 is 0.812 bits per heavy atom. The van der Waals surface area contributed by atoms with Crippen LogP contribution in [0.25, 0.3) is 0 Å². The molecule has 11 heteroatoms. The SMILES string of the molecule is CC[C@@H](C)NC(=O)c1ccc(COc2cccc(F)c2)nc1.C[C@@H](NC(=O)c1ccc(COc2cccc(F)c2)nc1)C1CCOCC1.[HH].[HH]. The summed E-state index contributed by atoms with van der Waals surface area (Å²) in [6, 6.07) is 19.0. The van der Waals surface area contributed by atoms with Crippen molar-refractivity contribution < 1.29 is 35.4 Å². The molecule has 5 rings (SSSR count). The third kappa shape index (κ3) is 11.7. The highest BCUT2D eigenvalue weighted by molar-refractivity contribution is 5.94. The maximum atomic E-state index is 13.1. The number of aromatic nitrogens is 2. The molecule has 1 fully saturated rings. The van der Waals surface area contributed by atoms with Crippen LogP contribution in [0.2, 0.25) is 0 Å². The third-order valence-electron chi connectivity index (χ3n) is 7.86. The zero-order chi connectivity index (χ0) is 34.3. The van der Waals surface area contributed by atoms with Crippen molar-refractivity contribution in [3.05, 3.63) is 119 Å². The van der Waals surface area contributed by atoms with Gasteiger partial charge in [-0.25, -0.2) is 8.78 Å². The number of rotatable bonds is 12. The van der Waals surface area contributed by atoms with Gasteiger partial charge in [0.1, 0.15) is 36.3 Å². The van der Waals surface area contributed by atoms with Gasteiger partial charge in [0.15, 0.2) is 0 Å². The highest BCUT2D eigenvalue weighted by Crippen LogP contribution is 2.19. The predicted molar refractivity (Wildman–Crippen MR) is 182 cm³/mol. The quantitative estimate of drug-likeness (QED) is 0.165.